The fraction of sp³-hybridized carbons (Fsp3) is 0.417. The van der Waals surface area contributed by atoms with Crippen LogP contribution >= 0.6 is 11.6 Å². The molecule has 0 heterocycles. The molecule has 0 bridgehead atoms. The second-order valence-corrected chi connectivity index (χ2v) is 7.61. The van der Waals surface area contributed by atoms with Crippen molar-refractivity contribution in [3.8, 4) is 11.5 Å². The monoisotopic (exact) mass is 446 g/mol. The van der Waals surface area contributed by atoms with Crippen LogP contribution in [-0.2, 0) is 22.4 Å². The van der Waals surface area contributed by atoms with Crippen molar-refractivity contribution in [3.05, 3.63) is 58.6 Å². The lowest BCUT2D eigenvalue weighted by atomic mass is 10.1. The van der Waals surface area contributed by atoms with Gasteiger partial charge in [0, 0.05) is 25.9 Å². The zero-order valence-electron chi connectivity index (χ0n) is 18.2. The first-order chi connectivity index (χ1) is 15.0. The highest BCUT2D eigenvalue weighted by atomic mass is 35.5. The number of amides is 2. The Morgan fingerprint density at radius 2 is 1.42 bits per heavy atom. The lowest BCUT2D eigenvalue weighted by Gasteiger charge is -2.12. The SMILES string of the molecule is COc1cc(CCNC(=O)CCCCC(=O)NCCc2ccccc2)cc(Cl)c1OC. The van der Waals surface area contributed by atoms with Crippen molar-refractivity contribution in [2.24, 2.45) is 0 Å². The Morgan fingerprint density at radius 1 is 0.839 bits per heavy atom. The number of methoxy groups -OCH3 is 2. The van der Waals surface area contributed by atoms with Crippen molar-refractivity contribution in [3.63, 3.8) is 0 Å². The highest BCUT2D eigenvalue weighted by molar-refractivity contribution is 6.32. The van der Waals surface area contributed by atoms with E-state index >= 15 is 0 Å². The molecular formula is C24H31ClN2O4. The number of unbranched alkanes of at least 4 members (excludes halogenated alkanes) is 1. The van der Waals surface area contributed by atoms with Gasteiger partial charge in [0.15, 0.2) is 11.5 Å². The third-order valence-electron chi connectivity index (χ3n) is 4.87. The maximum Gasteiger partial charge on any atom is 0.220 e. The van der Waals surface area contributed by atoms with Gasteiger partial charge in [-0.2, -0.15) is 0 Å². The molecule has 0 saturated heterocycles. The van der Waals surface area contributed by atoms with Crippen molar-refractivity contribution in [1.29, 1.82) is 0 Å². The molecule has 31 heavy (non-hydrogen) atoms. The van der Waals surface area contributed by atoms with Crippen molar-refractivity contribution in [2.45, 2.75) is 38.5 Å². The first kappa shape index (κ1) is 24.5. The summed E-state index contributed by atoms with van der Waals surface area (Å²) in [5, 5.41) is 6.30. The van der Waals surface area contributed by atoms with E-state index in [0.29, 0.717) is 61.7 Å². The summed E-state index contributed by atoms with van der Waals surface area (Å²) in [5.74, 6) is 1.08. The van der Waals surface area contributed by atoms with Crippen molar-refractivity contribution < 1.29 is 19.1 Å². The van der Waals surface area contributed by atoms with Crippen LogP contribution in [0, 0.1) is 0 Å². The molecule has 7 heteroatoms. The summed E-state index contributed by atoms with van der Waals surface area (Å²) in [4.78, 5) is 23.9. The van der Waals surface area contributed by atoms with E-state index in [9.17, 15) is 9.59 Å². The molecule has 0 spiro atoms. The molecule has 0 saturated carbocycles. The van der Waals surface area contributed by atoms with E-state index in [2.05, 4.69) is 10.6 Å². The Kier molecular flexibility index (Phi) is 10.7. The van der Waals surface area contributed by atoms with E-state index in [1.807, 2.05) is 42.5 Å². The van der Waals surface area contributed by atoms with Crippen LogP contribution in [0.25, 0.3) is 0 Å². The van der Waals surface area contributed by atoms with E-state index in [-0.39, 0.29) is 11.8 Å². The van der Waals surface area contributed by atoms with E-state index in [1.54, 1.807) is 7.11 Å². The summed E-state index contributed by atoms with van der Waals surface area (Å²) < 4.78 is 10.5. The van der Waals surface area contributed by atoms with Crippen LogP contribution in [0.4, 0.5) is 0 Å². The Hall–Kier alpha value is -2.73. The van der Waals surface area contributed by atoms with Crippen LogP contribution in [0.1, 0.15) is 36.8 Å². The lowest BCUT2D eigenvalue weighted by Crippen LogP contribution is -2.26. The summed E-state index contributed by atoms with van der Waals surface area (Å²) in [5.41, 5.74) is 2.16. The molecule has 0 radical (unpaired) electrons. The molecule has 2 aromatic carbocycles. The summed E-state index contributed by atoms with van der Waals surface area (Å²) in [6.45, 7) is 1.13. The van der Waals surface area contributed by atoms with Gasteiger partial charge in [-0.3, -0.25) is 9.59 Å². The Balaban J connectivity index is 1.57. The van der Waals surface area contributed by atoms with Gasteiger partial charge in [-0.25, -0.2) is 0 Å². The number of ether oxygens (including phenoxy) is 2. The average Bonchev–Trinajstić information content (AvgIpc) is 2.77. The Morgan fingerprint density at radius 3 is 1.97 bits per heavy atom. The number of rotatable bonds is 13. The highest BCUT2D eigenvalue weighted by Crippen LogP contribution is 2.36. The van der Waals surface area contributed by atoms with Gasteiger partial charge in [-0.15, -0.1) is 0 Å². The second-order valence-electron chi connectivity index (χ2n) is 7.21. The number of carbonyl (C=O) groups excluding carboxylic acids is 2. The number of hydrogen-bond acceptors (Lipinski definition) is 4. The maximum atomic E-state index is 12.0. The first-order valence-corrected chi connectivity index (χ1v) is 10.9. The van der Waals surface area contributed by atoms with Crippen LogP contribution in [0.3, 0.4) is 0 Å². The van der Waals surface area contributed by atoms with E-state index < -0.39 is 0 Å². The first-order valence-electron chi connectivity index (χ1n) is 10.5. The largest absolute Gasteiger partial charge is 0.493 e. The van der Waals surface area contributed by atoms with Gasteiger partial charge in [-0.05, 0) is 48.9 Å². The molecule has 2 rings (SSSR count). The van der Waals surface area contributed by atoms with Crippen LogP contribution in [0.2, 0.25) is 5.02 Å². The standard InChI is InChI=1S/C24H31ClN2O4/c1-30-21-17-19(16-20(25)24(21)31-2)13-15-27-23(29)11-7-6-10-22(28)26-14-12-18-8-4-3-5-9-18/h3-5,8-9,16-17H,6-7,10-15H2,1-2H3,(H,26,28)(H,27,29). The molecule has 6 nitrogen and oxygen atoms in total. The minimum atomic E-state index is -0.0175. The zero-order valence-corrected chi connectivity index (χ0v) is 19.0. The summed E-state index contributed by atoms with van der Waals surface area (Å²) >= 11 is 6.20. The molecule has 0 aliphatic carbocycles. The molecule has 0 unspecified atom stereocenters. The van der Waals surface area contributed by atoms with Crippen LogP contribution in [0.15, 0.2) is 42.5 Å². The quantitative estimate of drug-likeness (QED) is 0.457. The number of hydrogen-bond donors (Lipinski definition) is 2. The fourth-order valence-electron chi connectivity index (χ4n) is 3.20. The molecule has 0 fully saturated rings. The van der Waals surface area contributed by atoms with Gasteiger partial charge in [-0.1, -0.05) is 41.9 Å². The minimum Gasteiger partial charge on any atom is -0.493 e. The predicted molar refractivity (Wildman–Crippen MR) is 123 cm³/mol. The molecule has 0 atom stereocenters. The number of carbonyl (C=O) groups is 2. The van der Waals surface area contributed by atoms with E-state index in [4.69, 9.17) is 21.1 Å². The van der Waals surface area contributed by atoms with E-state index in [1.165, 1.54) is 12.7 Å². The van der Waals surface area contributed by atoms with Crippen LogP contribution in [-0.4, -0.2) is 39.1 Å². The van der Waals surface area contributed by atoms with Crippen LogP contribution < -0.4 is 20.1 Å². The number of benzene rings is 2. The third-order valence-corrected chi connectivity index (χ3v) is 5.15. The molecule has 2 amide bonds. The normalized spacial score (nSPS) is 10.4. The van der Waals surface area contributed by atoms with Crippen molar-refractivity contribution in [2.75, 3.05) is 27.3 Å². The van der Waals surface area contributed by atoms with Gasteiger partial charge in [0.2, 0.25) is 11.8 Å². The van der Waals surface area contributed by atoms with Gasteiger partial charge in [0.1, 0.15) is 0 Å². The van der Waals surface area contributed by atoms with Gasteiger partial charge >= 0.3 is 0 Å². The summed E-state index contributed by atoms with van der Waals surface area (Å²) in [6, 6.07) is 13.7. The van der Waals surface area contributed by atoms with E-state index in [0.717, 1.165) is 12.0 Å². The highest BCUT2D eigenvalue weighted by Gasteiger charge is 2.11. The van der Waals surface area contributed by atoms with Crippen LogP contribution in [0.5, 0.6) is 11.5 Å². The fourth-order valence-corrected chi connectivity index (χ4v) is 3.51. The zero-order chi connectivity index (χ0) is 22.5. The molecule has 0 aromatic heterocycles. The number of halogens is 1. The van der Waals surface area contributed by atoms with Crippen molar-refractivity contribution in [1.82, 2.24) is 10.6 Å². The third kappa shape index (κ3) is 8.89. The summed E-state index contributed by atoms with van der Waals surface area (Å²) in [7, 11) is 3.10. The molecule has 0 aliphatic rings. The summed E-state index contributed by atoms with van der Waals surface area (Å²) in [6.07, 6.45) is 3.67. The second kappa shape index (κ2) is 13.5. The molecule has 2 aromatic rings. The topological polar surface area (TPSA) is 76.7 Å². The maximum absolute atomic E-state index is 12.0. The molecule has 0 aliphatic heterocycles. The smallest absolute Gasteiger partial charge is 0.220 e. The molecule has 168 valence electrons. The van der Waals surface area contributed by atoms with Gasteiger partial charge in [0.25, 0.3) is 0 Å². The Bertz CT molecular complexity index is 843. The number of nitrogens with one attached hydrogen (secondary N) is 2. The lowest BCUT2D eigenvalue weighted by molar-refractivity contribution is -0.123. The molecule has 2 N–H and O–H groups in total. The average molecular weight is 447 g/mol. The molecular weight excluding hydrogens is 416 g/mol. The Labute approximate surface area is 189 Å². The van der Waals surface area contributed by atoms with Crippen molar-refractivity contribution >= 4 is 23.4 Å². The van der Waals surface area contributed by atoms with Gasteiger partial charge < -0.3 is 20.1 Å². The van der Waals surface area contributed by atoms with Gasteiger partial charge in [0.05, 0.1) is 19.2 Å². The minimum absolute atomic E-state index is 0.0175. The predicted octanol–water partition coefficient (Wildman–Crippen LogP) is 3.94.